The fourth-order valence-electron chi connectivity index (χ4n) is 2.83. The quantitative estimate of drug-likeness (QED) is 0.500. The van der Waals surface area contributed by atoms with Crippen molar-refractivity contribution in [2.24, 2.45) is 0 Å². The van der Waals surface area contributed by atoms with E-state index in [1.54, 1.807) is 41.3 Å². The number of fused-ring (bicyclic) bond motifs is 1. The Morgan fingerprint density at radius 2 is 1.86 bits per heavy atom. The summed E-state index contributed by atoms with van der Waals surface area (Å²) < 4.78 is 29.9. The number of halogens is 2. The fourth-order valence-corrected chi connectivity index (χ4v) is 4.36. The van der Waals surface area contributed by atoms with Crippen molar-refractivity contribution in [1.82, 2.24) is 14.8 Å². The molecule has 0 aliphatic heterocycles. The van der Waals surface area contributed by atoms with Gasteiger partial charge in [-0.05, 0) is 29.8 Å². The van der Waals surface area contributed by atoms with Gasteiger partial charge in [0.1, 0.15) is 4.90 Å². The standard InChI is InChI=1S/C19H14Cl2N4O2S/c20-16-7-6-13(9-17(16)21)11-25-12-15(10-23-25)24-28(26,27)18-5-1-3-14-4-2-8-22-19(14)18/h1-10,12,24H,11H2. The number of benzene rings is 2. The average molecular weight is 433 g/mol. The Morgan fingerprint density at radius 3 is 2.68 bits per heavy atom. The van der Waals surface area contributed by atoms with E-state index >= 15 is 0 Å². The number of nitrogens with zero attached hydrogens (tertiary/aromatic N) is 3. The van der Waals surface area contributed by atoms with E-state index in [1.807, 2.05) is 18.2 Å². The summed E-state index contributed by atoms with van der Waals surface area (Å²) in [6.07, 6.45) is 4.63. The molecular formula is C19H14Cl2N4O2S. The maximum absolute atomic E-state index is 12.8. The molecule has 2 aromatic carbocycles. The zero-order valence-electron chi connectivity index (χ0n) is 14.4. The number of anilines is 1. The Bertz CT molecular complexity index is 1270. The largest absolute Gasteiger partial charge is 0.276 e. The molecule has 0 saturated heterocycles. The number of rotatable bonds is 5. The smallest absolute Gasteiger partial charge is 0.264 e. The zero-order valence-corrected chi connectivity index (χ0v) is 16.7. The molecule has 2 aromatic heterocycles. The molecule has 4 rings (SSSR count). The van der Waals surface area contributed by atoms with Crippen molar-refractivity contribution in [3.05, 3.63) is 82.7 Å². The normalized spacial score (nSPS) is 11.6. The third kappa shape index (κ3) is 3.82. The molecule has 0 unspecified atom stereocenters. The second-order valence-corrected chi connectivity index (χ2v) is 8.58. The van der Waals surface area contributed by atoms with E-state index in [9.17, 15) is 8.42 Å². The van der Waals surface area contributed by atoms with Gasteiger partial charge in [0.15, 0.2) is 0 Å². The SMILES string of the molecule is O=S(=O)(Nc1cnn(Cc2ccc(Cl)c(Cl)c2)c1)c1cccc2cccnc12. The van der Waals surface area contributed by atoms with Crippen molar-refractivity contribution in [3.8, 4) is 0 Å². The highest BCUT2D eigenvalue weighted by atomic mass is 35.5. The molecule has 0 amide bonds. The Morgan fingerprint density at radius 1 is 1.04 bits per heavy atom. The van der Waals surface area contributed by atoms with Crippen molar-refractivity contribution in [2.45, 2.75) is 11.4 Å². The minimum absolute atomic E-state index is 0.114. The fraction of sp³-hybridized carbons (Fsp3) is 0.0526. The lowest BCUT2D eigenvalue weighted by Gasteiger charge is -2.08. The first-order chi connectivity index (χ1) is 13.4. The van der Waals surface area contributed by atoms with Gasteiger partial charge in [0.05, 0.1) is 34.0 Å². The number of nitrogens with one attached hydrogen (secondary N) is 1. The molecule has 4 aromatic rings. The van der Waals surface area contributed by atoms with Gasteiger partial charge in [-0.15, -0.1) is 0 Å². The molecule has 9 heteroatoms. The molecule has 2 heterocycles. The van der Waals surface area contributed by atoms with Gasteiger partial charge in [-0.1, -0.05) is 47.5 Å². The summed E-state index contributed by atoms with van der Waals surface area (Å²) in [7, 11) is -3.82. The van der Waals surface area contributed by atoms with Crippen molar-refractivity contribution in [3.63, 3.8) is 0 Å². The van der Waals surface area contributed by atoms with Crippen molar-refractivity contribution < 1.29 is 8.42 Å². The lowest BCUT2D eigenvalue weighted by atomic mass is 10.2. The van der Waals surface area contributed by atoms with Crippen molar-refractivity contribution in [2.75, 3.05) is 4.72 Å². The summed E-state index contributed by atoms with van der Waals surface area (Å²) in [6.45, 7) is 0.425. The third-order valence-electron chi connectivity index (χ3n) is 4.10. The zero-order chi connectivity index (χ0) is 19.7. The molecule has 0 bridgehead atoms. The summed E-state index contributed by atoms with van der Waals surface area (Å²) in [5, 5.41) is 5.88. The molecule has 0 aliphatic carbocycles. The van der Waals surface area contributed by atoms with Gasteiger partial charge in [-0.2, -0.15) is 5.10 Å². The lowest BCUT2D eigenvalue weighted by Crippen LogP contribution is -2.13. The monoisotopic (exact) mass is 432 g/mol. The molecule has 1 N–H and O–H groups in total. The minimum atomic E-state index is -3.82. The van der Waals surface area contributed by atoms with E-state index in [0.717, 1.165) is 10.9 Å². The number of sulfonamides is 1. The van der Waals surface area contributed by atoms with E-state index < -0.39 is 10.0 Å². The average Bonchev–Trinajstić information content (AvgIpc) is 3.10. The first-order valence-corrected chi connectivity index (χ1v) is 10.5. The van der Waals surface area contributed by atoms with Crippen LogP contribution in [0.5, 0.6) is 0 Å². The van der Waals surface area contributed by atoms with E-state index in [2.05, 4.69) is 14.8 Å². The lowest BCUT2D eigenvalue weighted by molar-refractivity contribution is 0.602. The predicted octanol–water partition coefficient (Wildman–Crippen LogP) is 4.59. The highest BCUT2D eigenvalue weighted by molar-refractivity contribution is 7.93. The number of aromatic nitrogens is 3. The molecule has 6 nitrogen and oxygen atoms in total. The molecule has 0 atom stereocenters. The van der Waals surface area contributed by atoms with Crippen LogP contribution in [-0.4, -0.2) is 23.2 Å². The topological polar surface area (TPSA) is 76.9 Å². The maximum Gasteiger partial charge on any atom is 0.264 e. The molecule has 28 heavy (non-hydrogen) atoms. The van der Waals surface area contributed by atoms with E-state index in [0.29, 0.717) is 27.8 Å². The van der Waals surface area contributed by atoms with Crippen LogP contribution >= 0.6 is 23.2 Å². The third-order valence-corrected chi connectivity index (χ3v) is 6.25. The maximum atomic E-state index is 12.8. The molecule has 0 aliphatic rings. The van der Waals surface area contributed by atoms with Gasteiger partial charge in [-0.3, -0.25) is 14.4 Å². The van der Waals surface area contributed by atoms with E-state index in [-0.39, 0.29) is 4.90 Å². The second kappa shape index (κ2) is 7.43. The molecule has 0 fully saturated rings. The van der Waals surface area contributed by atoms with Gasteiger partial charge in [0, 0.05) is 17.8 Å². The van der Waals surface area contributed by atoms with Gasteiger partial charge in [-0.25, -0.2) is 8.42 Å². The summed E-state index contributed by atoms with van der Waals surface area (Å²) in [4.78, 5) is 4.32. The van der Waals surface area contributed by atoms with Gasteiger partial charge in [0.2, 0.25) is 0 Å². The van der Waals surface area contributed by atoms with Gasteiger partial charge in [0.25, 0.3) is 10.0 Å². The first kappa shape index (κ1) is 18.7. The second-order valence-electron chi connectivity index (χ2n) is 6.11. The molecule has 142 valence electrons. The number of hydrogen-bond donors (Lipinski definition) is 1. The number of pyridine rings is 1. The van der Waals surface area contributed by atoms with E-state index in [1.165, 1.54) is 12.3 Å². The Balaban J connectivity index is 1.58. The van der Waals surface area contributed by atoms with Gasteiger partial charge < -0.3 is 0 Å². The Hall–Kier alpha value is -2.61. The van der Waals surface area contributed by atoms with Crippen LogP contribution in [0, 0.1) is 0 Å². The van der Waals surface area contributed by atoms with Crippen LogP contribution in [0.25, 0.3) is 10.9 Å². The molecule has 0 spiro atoms. The highest BCUT2D eigenvalue weighted by Gasteiger charge is 2.19. The van der Waals surface area contributed by atoms with Crippen LogP contribution in [0.4, 0.5) is 5.69 Å². The summed E-state index contributed by atoms with van der Waals surface area (Å²) >= 11 is 12.0. The predicted molar refractivity (Wildman–Crippen MR) is 110 cm³/mol. The van der Waals surface area contributed by atoms with Crippen LogP contribution in [0.15, 0.2) is 72.0 Å². The van der Waals surface area contributed by atoms with Gasteiger partial charge >= 0.3 is 0 Å². The van der Waals surface area contributed by atoms with Crippen LogP contribution in [-0.2, 0) is 16.6 Å². The van der Waals surface area contributed by atoms with Crippen molar-refractivity contribution >= 4 is 49.8 Å². The van der Waals surface area contributed by atoms with E-state index in [4.69, 9.17) is 23.2 Å². The number of para-hydroxylation sites is 1. The van der Waals surface area contributed by atoms with Crippen LogP contribution in [0.1, 0.15) is 5.56 Å². The molecular weight excluding hydrogens is 419 g/mol. The first-order valence-electron chi connectivity index (χ1n) is 8.25. The number of hydrogen-bond acceptors (Lipinski definition) is 4. The summed E-state index contributed by atoms with van der Waals surface area (Å²) in [5.74, 6) is 0. The summed E-state index contributed by atoms with van der Waals surface area (Å²) in [5.41, 5.74) is 1.67. The molecule has 0 saturated carbocycles. The van der Waals surface area contributed by atoms with Crippen LogP contribution < -0.4 is 4.72 Å². The minimum Gasteiger partial charge on any atom is -0.276 e. The van der Waals surface area contributed by atoms with Crippen molar-refractivity contribution in [1.29, 1.82) is 0 Å². The Labute approximate surface area is 171 Å². The van der Waals surface area contributed by atoms with Crippen LogP contribution in [0.3, 0.4) is 0 Å². The molecule has 0 radical (unpaired) electrons. The van der Waals surface area contributed by atoms with Crippen LogP contribution in [0.2, 0.25) is 10.0 Å². The highest BCUT2D eigenvalue weighted by Crippen LogP contribution is 2.24. The Kier molecular flexibility index (Phi) is 4.97. The summed E-state index contributed by atoms with van der Waals surface area (Å²) in [6, 6.07) is 13.9.